The highest BCUT2D eigenvalue weighted by atomic mass is 16.5. The van der Waals surface area contributed by atoms with E-state index in [1.165, 1.54) is 4.68 Å². The number of aromatic nitrogens is 3. The highest BCUT2D eigenvalue weighted by Crippen LogP contribution is 2.26. The van der Waals surface area contributed by atoms with Gasteiger partial charge in [-0.25, -0.2) is 4.68 Å². The lowest BCUT2D eigenvalue weighted by molar-refractivity contribution is -0.122. The molecule has 8 nitrogen and oxygen atoms in total. The zero-order valence-electron chi connectivity index (χ0n) is 14.2. The molecule has 25 heavy (non-hydrogen) atoms. The van der Waals surface area contributed by atoms with E-state index in [1.54, 1.807) is 13.3 Å². The predicted molar refractivity (Wildman–Crippen MR) is 89.3 cm³/mol. The average molecular weight is 346 g/mol. The molecular weight excluding hydrogens is 324 g/mol. The molecule has 2 aromatic rings. The molecule has 1 unspecified atom stereocenters. The maximum Gasteiger partial charge on any atom is 0.241 e. The van der Waals surface area contributed by atoms with Crippen LogP contribution in [0.15, 0.2) is 30.5 Å². The first-order valence-corrected chi connectivity index (χ1v) is 8.27. The first-order chi connectivity index (χ1) is 12.2. The summed E-state index contributed by atoms with van der Waals surface area (Å²) >= 11 is 0. The highest BCUT2D eigenvalue weighted by Gasteiger charge is 2.16. The molecule has 0 bridgehead atoms. The van der Waals surface area contributed by atoms with Crippen LogP contribution in [0.4, 0.5) is 0 Å². The summed E-state index contributed by atoms with van der Waals surface area (Å²) in [5.74, 6) is 1.18. The van der Waals surface area contributed by atoms with E-state index >= 15 is 0 Å². The predicted octanol–water partition coefficient (Wildman–Crippen LogP) is 1.16. The fourth-order valence-corrected chi connectivity index (χ4v) is 2.61. The van der Waals surface area contributed by atoms with Gasteiger partial charge in [0.15, 0.2) is 11.5 Å². The van der Waals surface area contributed by atoms with Crippen LogP contribution in [-0.4, -0.2) is 47.3 Å². The second-order valence-electron chi connectivity index (χ2n) is 5.79. The van der Waals surface area contributed by atoms with Gasteiger partial charge in [0.05, 0.1) is 19.4 Å². The van der Waals surface area contributed by atoms with Crippen LogP contribution in [0.25, 0.3) is 0 Å². The Morgan fingerprint density at radius 3 is 3.00 bits per heavy atom. The number of nitrogens with one attached hydrogen (secondary N) is 1. The molecular formula is C17H22N4O4. The Bertz CT molecular complexity index is 697. The third-order valence-electron chi connectivity index (χ3n) is 3.89. The molecule has 1 amide bonds. The van der Waals surface area contributed by atoms with Crippen molar-refractivity contribution in [2.75, 3.05) is 20.3 Å². The fourth-order valence-electron chi connectivity index (χ4n) is 2.61. The summed E-state index contributed by atoms with van der Waals surface area (Å²) in [6.07, 6.45) is 3.87. The number of nitrogens with zero attached hydrogens (tertiary/aromatic N) is 3. The molecule has 1 aromatic carbocycles. The van der Waals surface area contributed by atoms with Crippen molar-refractivity contribution in [3.8, 4) is 11.5 Å². The van der Waals surface area contributed by atoms with Gasteiger partial charge in [-0.1, -0.05) is 17.3 Å². The SMILES string of the molecule is COc1ccccc1OCc1cn(CC(=O)NCC2CCCO2)nn1. The minimum absolute atomic E-state index is 0.113. The van der Waals surface area contributed by atoms with Gasteiger partial charge < -0.3 is 19.5 Å². The van der Waals surface area contributed by atoms with E-state index < -0.39 is 0 Å². The van der Waals surface area contributed by atoms with Crippen molar-refractivity contribution >= 4 is 5.91 Å². The average Bonchev–Trinajstić information content (AvgIpc) is 3.30. The smallest absolute Gasteiger partial charge is 0.241 e. The Kier molecular flexibility index (Phi) is 5.84. The Labute approximate surface area is 146 Å². The molecule has 2 heterocycles. The molecule has 8 heteroatoms. The summed E-state index contributed by atoms with van der Waals surface area (Å²) in [5.41, 5.74) is 0.637. The van der Waals surface area contributed by atoms with Crippen LogP contribution in [0.1, 0.15) is 18.5 Å². The summed E-state index contributed by atoms with van der Waals surface area (Å²) in [6.45, 7) is 1.68. The van der Waals surface area contributed by atoms with Crippen molar-refractivity contribution < 1.29 is 19.0 Å². The molecule has 0 radical (unpaired) electrons. The maximum absolute atomic E-state index is 11.9. The van der Waals surface area contributed by atoms with Crippen molar-refractivity contribution in [2.24, 2.45) is 0 Å². The first-order valence-electron chi connectivity index (χ1n) is 8.27. The van der Waals surface area contributed by atoms with Gasteiger partial charge >= 0.3 is 0 Å². The van der Waals surface area contributed by atoms with Crippen molar-refractivity contribution in [3.63, 3.8) is 0 Å². The number of amides is 1. The zero-order chi connectivity index (χ0) is 17.5. The van der Waals surface area contributed by atoms with Crippen molar-refractivity contribution in [3.05, 3.63) is 36.2 Å². The van der Waals surface area contributed by atoms with Crippen LogP contribution < -0.4 is 14.8 Å². The topological polar surface area (TPSA) is 87.5 Å². The fraction of sp³-hybridized carbons (Fsp3) is 0.471. The first kappa shape index (κ1) is 17.2. The summed E-state index contributed by atoms with van der Waals surface area (Å²) in [6, 6.07) is 7.39. The minimum Gasteiger partial charge on any atom is -0.493 e. The summed E-state index contributed by atoms with van der Waals surface area (Å²) in [4.78, 5) is 11.9. The van der Waals surface area contributed by atoms with Gasteiger partial charge in [0.2, 0.25) is 5.91 Å². The van der Waals surface area contributed by atoms with Gasteiger partial charge in [-0.3, -0.25) is 4.79 Å². The van der Waals surface area contributed by atoms with Crippen LogP contribution in [0.3, 0.4) is 0 Å². The standard InChI is InChI=1S/C17H22N4O4/c1-23-15-6-2-3-7-16(15)25-12-13-10-21(20-19-13)11-17(22)18-9-14-5-4-8-24-14/h2-3,6-7,10,14H,4-5,8-9,11-12H2,1H3,(H,18,22). The molecule has 1 aliphatic rings. The van der Waals surface area contributed by atoms with Gasteiger partial charge in [-0.15, -0.1) is 5.10 Å². The number of rotatable bonds is 8. The lowest BCUT2D eigenvalue weighted by Gasteiger charge is -2.10. The minimum atomic E-state index is -0.113. The Morgan fingerprint density at radius 2 is 2.24 bits per heavy atom. The van der Waals surface area contributed by atoms with E-state index in [9.17, 15) is 4.79 Å². The van der Waals surface area contributed by atoms with Gasteiger partial charge in [0.25, 0.3) is 0 Å². The van der Waals surface area contributed by atoms with E-state index in [2.05, 4.69) is 15.6 Å². The number of carbonyl (C=O) groups is 1. The molecule has 1 aromatic heterocycles. The molecule has 0 spiro atoms. The van der Waals surface area contributed by atoms with Crippen molar-refractivity contribution in [2.45, 2.75) is 32.1 Å². The van der Waals surface area contributed by atoms with Crippen LogP contribution in [0.5, 0.6) is 11.5 Å². The molecule has 3 rings (SSSR count). The number of hydrogen-bond donors (Lipinski definition) is 1. The number of carbonyl (C=O) groups excluding carboxylic acids is 1. The van der Waals surface area contributed by atoms with Gasteiger partial charge in [0, 0.05) is 13.2 Å². The normalized spacial score (nSPS) is 16.6. The van der Waals surface area contributed by atoms with Gasteiger partial charge in [0.1, 0.15) is 18.8 Å². The van der Waals surface area contributed by atoms with E-state index in [-0.39, 0.29) is 25.2 Å². The van der Waals surface area contributed by atoms with Gasteiger partial charge in [-0.2, -0.15) is 0 Å². The van der Waals surface area contributed by atoms with Gasteiger partial charge in [-0.05, 0) is 25.0 Å². The largest absolute Gasteiger partial charge is 0.493 e. The Hall–Kier alpha value is -2.61. The van der Waals surface area contributed by atoms with E-state index in [0.717, 1.165) is 19.4 Å². The second kappa shape index (κ2) is 8.48. The van der Waals surface area contributed by atoms with Crippen LogP contribution in [0.2, 0.25) is 0 Å². The Balaban J connectivity index is 1.46. The van der Waals surface area contributed by atoms with E-state index in [1.807, 2.05) is 24.3 Å². The molecule has 0 aliphatic carbocycles. The highest BCUT2D eigenvalue weighted by molar-refractivity contribution is 5.75. The summed E-state index contributed by atoms with van der Waals surface area (Å²) in [7, 11) is 1.59. The van der Waals surface area contributed by atoms with Crippen LogP contribution >= 0.6 is 0 Å². The number of methoxy groups -OCH3 is 1. The number of ether oxygens (including phenoxy) is 3. The van der Waals surface area contributed by atoms with Crippen molar-refractivity contribution in [1.29, 1.82) is 0 Å². The second-order valence-corrected chi connectivity index (χ2v) is 5.79. The molecule has 1 aliphatic heterocycles. The number of benzene rings is 1. The third-order valence-corrected chi connectivity index (χ3v) is 3.89. The Morgan fingerprint density at radius 1 is 1.40 bits per heavy atom. The van der Waals surface area contributed by atoms with E-state index in [0.29, 0.717) is 23.7 Å². The molecule has 0 saturated carbocycles. The van der Waals surface area contributed by atoms with E-state index in [4.69, 9.17) is 14.2 Å². The number of para-hydroxylation sites is 2. The lowest BCUT2D eigenvalue weighted by Crippen LogP contribution is -2.34. The van der Waals surface area contributed by atoms with Crippen LogP contribution in [0, 0.1) is 0 Å². The quantitative estimate of drug-likeness (QED) is 0.772. The molecule has 134 valence electrons. The zero-order valence-corrected chi connectivity index (χ0v) is 14.2. The monoisotopic (exact) mass is 346 g/mol. The maximum atomic E-state index is 11.9. The molecule has 1 fully saturated rings. The number of hydrogen-bond acceptors (Lipinski definition) is 6. The summed E-state index contributed by atoms with van der Waals surface area (Å²) < 4.78 is 17.9. The molecule has 1 atom stereocenters. The summed E-state index contributed by atoms with van der Waals surface area (Å²) in [5, 5.41) is 10.8. The third kappa shape index (κ3) is 4.93. The lowest BCUT2D eigenvalue weighted by atomic mass is 10.2. The molecule has 1 saturated heterocycles. The van der Waals surface area contributed by atoms with Crippen LogP contribution in [-0.2, 0) is 22.7 Å². The van der Waals surface area contributed by atoms with Crippen molar-refractivity contribution in [1.82, 2.24) is 20.3 Å². The molecule has 1 N–H and O–H groups in total.